The average molecular weight is 373 g/mol. The number of nitrogens with zero attached hydrogens (tertiary/aromatic N) is 1. The van der Waals surface area contributed by atoms with Crippen molar-refractivity contribution in [3.05, 3.63) is 94.5 Å². The van der Waals surface area contributed by atoms with E-state index in [0.29, 0.717) is 10.6 Å². The van der Waals surface area contributed by atoms with Crippen LogP contribution in [-0.2, 0) is 0 Å². The number of hydrazone groups is 1. The molecule has 0 aromatic heterocycles. The number of carbonyl (C=O) groups excluding carboxylic acids is 1. The Morgan fingerprint density at radius 2 is 1.56 bits per heavy atom. The van der Waals surface area contributed by atoms with Gasteiger partial charge in [-0.3, -0.25) is 4.79 Å². The van der Waals surface area contributed by atoms with Crippen molar-refractivity contribution in [2.24, 2.45) is 5.10 Å². The number of fused-ring (bicyclic) bond motifs is 2. The molecule has 27 heavy (non-hydrogen) atoms. The molecule has 132 valence electrons. The van der Waals surface area contributed by atoms with E-state index >= 15 is 0 Å². The van der Waals surface area contributed by atoms with E-state index in [1.165, 1.54) is 0 Å². The third-order valence-corrected chi connectivity index (χ3v) is 4.85. The molecule has 0 saturated carbocycles. The van der Waals surface area contributed by atoms with Gasteiger partial charge in [0.05, 0.1) is 16.8 Å². The Labute approximate surface area is 162 Å². The summed E-state index contributed by atoms with van der Waals surface area (Å²) in [6.07, 6.45) is 1.70. The van der Waals surface area contributed by atoms with Crippen LogP contribution in [0, 0.1) is 6.92 Å². The van der Waals surface area contributed by atoms with Gasteiger partial charge >= 0.3 is 0 Å². The predicted octanol–water partition coefficient (Wildman–Crippen LogP) is 5.72. The number of aryl methyl sites for hydroxylation is 1. The molecule has 1 N–H and O–H groups in total. The van der Waals surface area contributed by atoms with Crippen molar-refractivity contribution in [3.8, 4) is 0 Å². The second-order valence-electron chi connectivity index (χ2n) is 6.41. The summed E-state index contributed by atoms with van der Waals surface area (Å²) in [7, 11) is 0. The standard InChI is InChI=1S/C23H17ClN2O/c1-15-10-11-20(22(24)12-15)23(27)26-25-14-21-18-8-4-2-6-16(18)13-17-7-3-5-9-19(17)21/h2-14H,1H3,(H,26,27)/b25-14-. The van der Waals surface area contributed by atoms with Crippen LogP contribution in [0.5, 0.6) is 0 Å². The van der Waals surface area contributed by atoms with Crippen LogP contribution in [-0.4, -0.2) is 12.1 Å². The zero-order valence-electron chi connectivity index (χ0n) is 14.7. The zero-order valence-corrected chi connectivity index (χ0v) is 15.5. The third kappa shape index (κ3) is 3.42. The lowest BCUT2D eigenvalue weighted by Gasteiger charge is -2.08. The number of hydrogen-bond acceptors (Lipinski definition) is 2. The number of halogens is 1. The van der Waals surface area contributed by atoms with Gasteiger partial charge in [-0.15, -0.1) is 0 Å². The Morgan fingerprint density at radius 3 is 2.19 bits per heavy atom. The van der Waals surface area contributed by atoms with Gasteiger partial charge in [-0.2, -0.15) is 5.10 Å². The smallest absolute Gasteiger partial charge is 0.267 e. The second-order valence-corrected chi connectivity index (χ2v) is 6.82. The molecule has 3 nitrogen and oxygen atoms in total. The largest absolute Gasteiger partial charge is 0.272 e. The first-order valence-corrected chi connectivity index (χ1v) is 9.01. The van der Waals surface area contributed by atoms with Crippen LogP contribution < -0.4 is 5.43 Å². The molecule has 0 heterocycles. The van der Waals surface area contributed by atoms with E-state index in [4.69, 9.17) is 11.6 Å². The Hall–Kier alpha value is -3.17. The lowest BCUT2D eigenvalue weighted by Crippen LogP contribution is -2.18. The minimum Gasteiger partial charge on any atom is -0.267 e. The molecule has 4 heteroatoms. The highest BCUT2D eigenvalue weighted by Gasteiger charge is 2.10. The molecule has 0 bridgehead atoms. The summed E-state index contributed by atoms with van der Waals surface area (Å²) in [4.78, 5) is 12.4. The lowest BCUT2D eigenvalue weighted by molar-refractivity contribution is 0.0955. The Balaban J connectivity index is 1.70. The highest BCUT2D eigenvalue weighted by Crippen LogP contribution is 2.27. The van der Waals surface area contributed by atoms with Gasteiger partial charge < -0.3 is 0 Å². The summed E-state index contributed by atoms with van der Waals surface area (Å²) in [5.41, 5.74) is 4.96. The van der Waals surface area contributed by atoms with Crippen molar-refractivity contribution in [2.45, 2.75) is 6.92 Å². The molecule has 0 unspecified atom stereocenters. The summed E-state index contributed by atoms with van der Waals surface area (Å²) >= 11 is 6.16. The van der Waals surface area contributed by atoms with Crippen LogP contribution in [0.15, 0.2) is 77.9 Å². The fourth-order valence-corrected chi connectivity index (χ4v) is 3.53. The van der Waals surface area contributed by atoms with Gasteiger partial charge in [0, 0.05) is 5.56 Å². The van der Waals surface area contributed by atoms with Crippen LogP contribution in [0.2, 0.25) is 5.02 Å². The molecule has 0 saturated heterocycles. The van der Waals surface area contributed by atoms with E-state index in [9.17, 15) is 4.79 Å². The summed E-state index contributed by atoms with van der Waals surface area (Å²) in [5, 5.41) is 9.05. The minimum absolute atomic E-state index is 0.333. The number of rotatable bonds is 3. The molecule has 0 aliphatic carbocycles. The normalized spacial score (nSPS) is 11.3. The van der Waals surface area contributed by atoms with Crippen molar-refractivity contribution in [1.82, 2.24) is 5.43 Å². The first kappa shape index (κ1) is 17.3. The molecular formula is C23H17ClN2O. The monoisotopic (exact) mass is 372 g/mol. The highest BCUT2D eigenvalue weighted by molar-refractivity contribution is 6.33. The predicted molar refractivity (Wildman–Crippen MR) is 113 cm³/mol. The van der Waals surface area contributed by atoms with Gasteiger partial charge in [-0.1, -0.05) is 66.2 Å². The quantitative estimate of drug-likeness (QED) is 0.279. The molecule has 4 aromatic carbocycles. The van der Waals surface area contributed by atoms with Crippen molar-refractivity contribution < 1.29 is 4.79 Å². The van der Waals surface area contributed by atoms with E-state index in [0.717, 1.165) is 32.7 Å². The molecule has 0 spiro atoms. The van der Waals surface area contributed by atoms with Crippen LogP contribution >= 0.6 is 11.6 Å². The molecule has 4 aromatic rings. The number of hydrogen-bond donors (Lipinski definition) is 1. The molecule has 1 amide bonds. The minimum atomic E-state index is -0.333. The van der Waals surface area contributed by atoms with E-state index in [2.05, 4.69) is 40.9 Å². The molecule has 0 aliphatic heterocycles. The van der Waals surface area contributed by atoms with E-state index in [-0.39, 0.29) is 5.91 Å². The van der Waals surface area contributed by atoms with Gasteiger partial charge in [0.2, 0.25) is 0 Å². The Kier molecular flexibility index (Phi) is 4.61. The third-order valence-electron chi connectivity index (χ3n) is 4.54. The van der Waals surface area contributed by atoms with E-state index in [1.54, 1.807) is 18.3 Å². The summed E-state index contributed by atoms with van der Waals surface area (Å²) in [6, 6.07) is 23.8. The number of benzene rings is 4. The first-order valence-electron chi connectivity index (χ1n) is 8.63. The molecule has 0 aliphatic rings. The van der Waals surface area contributed by atoms with Crippen LogP contribution in [0.4, 0.5) is 0 Å². The Morgan fingerprint density at radius 1 is 0.926 bits per heavy atom. The van der Waals surface area contributed by atoms with Gasteiger partial charge in [0.25, 0.3) is 5.91 Å². The van der Waals surface area contributed by atoms with Crippen LogP contribution in [0.3, 0.4) is 0 Å². The number of nitrogens with one attached hydrogen (secondary N) is 1. The molecule has 0 fully saturated rings. The first-order chi connectivity index (χ1) is 13.1. The maximum atomic E-state index is 12.4. The second kappa shape index (κ2) is 7.22. The van der Waals surface area contributed by atoms with Gasteiger partial charge in [-0.25, -0.2) is 5.43 Å². The summed E-state index contributed by atoms with van der Waals surface area (Å²) in [6.45, 7) is 1.93. The molecular weight excluding hydrogens is 356 g/mol. The maximum absolute atomic E-state index is 12.4. The Bertz CT molecular complexity index is 1140. The van der Waals surface area contributed by atoms with Crippen LogP contribution in [0.1, 0.15) is 21.5 Å². The van der Waals surface area contributed by atoms with E-state index in [1.807, 2.05) is 37.3 Å². The zero-order chi connectivity index (χ0) is 18.8. The fraction of sp³-hybridized carbons (Fsp3) is 0.0435. The van der Waals surface area contributed by atoms with Crippen molar-refractivity contribution in [2.75, 3.05) is 0 Å². The van der Waals surface area contributed by atoms with Crippen molar-refractivity contribution in [3.63, 3.8) is 0 Å². The maximum Gasteiger partial charge on any atom is 0.272 e. The van der Waals surface area contributed by atoms with Gasteiger partial charge in [-0.05, 0) is 52.2 Å². The van der Waals surface area contributed by atoms with Gasteiger partial charge in [0.1, 0.15) is 0 Å². The molecule has 0 radical (unpaired) electrons. The summed E-state index contributed by atoms with van der Waals surface area (Å²) in [5.74, 6) is -0.333. The van der Waals surface area contributed by atoms with Crippen LogP contribution in [0.25, 0.3) is 21.5 Å². The molecule has 0 atom stereocenters. The molecule has 4 rings (SSSR count). The topological polar surface area (TPSA) is 41.5 Å². The number of carbonyl (C=O) groups is 1. The van der Waals surface area contributed by atoms with Gasteiger partial charge in [0.15, 0.2) is 0 Å². The summed E-state index contributed by atoms with van der Waals surface area (Å²) < 4.78 is 0. The van der Waals surface area contributed by atoms with E-state index < -0.39 is 0 Å². The average Bonchev–Trinajstić information content (AvgIpc) is 2.67. The van der Waals surface area contributed by atoms with Crippen molar-refractivity contribution in [1.29, 1.82) is 0 Å². The SMILES string of the molecule is Cc1ccc(C(=O)N/N=C\c2c3ccccc3cc3ccccc23)c(Cl)c1. The number of amides is 1. The lowest BCUT2D eigenvalue weighted by atomic mass is 9.97. The fourth-order valence-electron chi connectivity index (χ4n) is 3.21. The van der Waals surface area contributed by atoms with Crippen molar-refractivity contribution >= 4 is 45.3 Å². The highest BCUT2D eigenvalue weighted by atomic mass is 35.5.